The van der Waals surface area contributed by atoms with Gasteiger partial charge in [0.05, 0.1) is 12.0 Å². The van der Waals surface area contributed by atoms with Crippen LogP contribution in [-0.4, -0.2) is 54.2 Å². The number of hydrogen-bond acceptors (Lipinski definition) is 7. The van der Waals surface area contributed by atoms with Crippen molar-refractivity contribution >= 4 is 29.5 Å². The highest BCUT2D eigenvalue weighted by atomic mass is 16.7. The van der Waals surface area contributed by atoms with Gasteiger partial charge in [0.15, 0.2) is 0 Å². The second-order valence-electron chi connectivity index (χ2n) is 7.33. The molecule has 2 amide bonds. The Morgan fingerprint density at radius 1 is 1.16 bits per heavy atom. The highest BCUT2D eigenvalue weighted by molar-refractivity contribution is 6.07. The smallest absolute Gasteiger partial charge is 0.457 e. The summed E-state index contributed by atoms with van der Waals surface area (Å²) in [6, 6.07) is 6.03. The fraction of sp³-hybridized carbons (Fsp3) is 0.304. The Kier molecular flexibility index (Phi) is 6.77. The number of fused-ring (bicyclic) bond motifs is 1. The Morgan fingerprint density at radius 3 is 2.38 bits per heavy atom. The average Bonchev–Trinajstić information content (AvgIpc) is 3.11. The Labute approximate surface area is 185 Å². The Hall–Kier alpha value is -3.88. The molecule has 1 saturated heterocycles. The number of primary amides is 1. The molecule has 2 N–H and O–H groups in total. The molecule has 2 aliphatic rings. The number of nitrogens with two attached hydrogens (primary N) is 1. The average molecular weight is 440 g/mol. The quantitative estimate of drug-likeness (QED) is 0.354. The molecule has 1 aromatic rings. The van der Waals surface area contributed by atoms with Crippen molar-refractivity contribution < 1.29 is 33.4 Å². The first kappa shape index (κ1) is 22.8. The second kappa shape index (κ2) is 9.51. The number of rotatable bonds is 9. The van der Waals surface area contributed by atoms with Gasteiger partial charge in [-0.1, -0.05) is 37.4 Å². The van der Waals surface area contributed by atoms with Gasteiger partial charge in [0.25, 0.3) is 0 Å². The number of ether oxygens (including phenoxy) is 3. The van der Waals surface area contributed by atoms with Gasteiger partial charge in [-0.2, -0.15) is 0 Å². The maximum absolute atomic E-state index is 12.9. The van der Waals surface area contributed by atoms with Crippen molar-refractivity contribution in [2.75, 3.05) is 13.2 Å². The van der Waals surface area contributed by atoms with Gasteiger partial charge in [-0.05, 0) is 36.6 Å². The van der Waals surface area contributed by atoms with Crippen LogP contribution in [0, 0.1) is 5.92 Å². The van der Waals surface area contributed by atoms with Crippen molar-refractivity contribution in [3.05, 3.63) is 66.4 Å². The standard InChI is InChI=1S/C23H24N2O7/c1-4-10-30-22(28)19-16(14-6-8-15(9-7-14)20(24)26)12-17-18(21(27)25(17)19)13(3)32-23(29)31-11-5-2/h4-9,13,17-18H,1-2,10-12H2,3H3,(H2,24,26)/t13-,17-,18-/m1/s1. The minimum Gasteiger partial charge on any atom is -0.457 e. The molecule has 0 aliphatic carbocycles. The summed E-state index contributed by atoms with van der Waals surface area (Å²) in [6.07, 6.45) is 1.52. The van der Waals surface area contributed by atoms with Gasteiger partial charge in [0.1, 0.15) is 25.0 Å². The first-order chi connectivity index (χ1) is 15.3. The van der Waals surface area contributed by atoms with Crippen LogP contribution < -0.4 is 5.73 Å². The van der Waals surface area contributed by atoms with Gasteiger partial charge in [-0.3, -0.25) is 9.59 Å². The van der Waals surface area contributed by atoms with Crippen LogP contribution in [0.3, 0.4) is 0 Å². The van der Waals surface area contributed by atoms with E-state index in [1.165, 1.54) is 17.1 Å². The van der Waals surface area contributed by atoms with E-state index in [-0.39, 0.29) is 30.9 Å². The van der Waals surface area contributed by atoms with Crippen LogP contribution in [0.5, 0.6) is 0 Å². The number of benzene rings is 1. The van der Waals surface area contributed by atoms with Crippen LogP contribution in [0.4, 0.5) is 4.79 Å². The van der Waals surface area contributed by atoms with Gasteiger partial charge in [-0.15, -0.1) is 0 Å². The van der Waals surface area contributed by atoms with Gasteiger partial charge in [-0.25, -0.2) is 9.59 Å². The zero-order valence-corrected chi connectivity index (χ0v) is 17.6. The summed E-state index contributed by atoms with van der Waals surface area (Å²) in [7, 11) is 0. The number of β-lactam (4-membered cyclic amide) rings is 1. The summed E-state index contributed by atoms with van der Waals surface area (Å²) in [6.45, 7) is 8.56. The SMILES string of the molecule is C=CCOC(=O)O[C@H](C)[C@H]1C(=O)N2C(C(=O)OCC=C)=C(c3ccc(C(N)=O)cc3)C[C@H]12. The lowest BCUT2D eigenvalue weighted by atomic mass is 9.82. The van der Waals surface area contributed by atoms with E-state index in [4.69, 9.17) is 19.9 Å². The first-order valence-corrected chi connectivity index (χ1v) is 9.98. The molecular formula is C23H24N2O7. The van der Waals surface area contributed by atoms with E-state index in [9.17, 15) is 19.2 Å². The Morgan fingerprint density at radius 2 is 1.78 bits per heavy atom. The molecule has 3 atom stereocenters. The van der Waals surface area contributed by atoms with Crippen molar-refractivity contribution in [2.45, 2.75) is 25.5 Å². The molecule has 1 aromatic carbocycles. The van der Waals surface area contributed by atoms with Gasteiger partial charge >= 0.3 is 12.1 Å². The Balaban J connectivity index is 1.86. The third-order valence-corrected chi connectivity index (χ3v) is 5.36. The minimum atomic E-state index is -0.900. The number of carbonyl (C=O) groups excluding carboxylic acids is 4. The zero-order valence-electron chi connectivity index (χ0n) is 17.6. The number of nitrogens with zero attached hydrogens (tertiary/aromatic N) is 1. The highest BCUT2D eigenvalue weighted by Gasteiger charge is 2.58. The monoisotopic (exact) mass is 440 g/mol. The van der Waals surface area contributed by atoms with Crippen molar-refractivity contribution in [1.29, 1.82) is 0 Å². The van der Waals surface area contributed by atoms with Crippen molar-refractivity contribution in [2.24, 2.45) is 11.7 Å². The molecule has 0 radical (unpaired) electrons. The minimum absolute atomic E-state index is 0.00792. The lowest BCUT2D eigenvalue weighted by molar-refractivity contribution is -0.162. The van der Waals surface area contributed by atoms with Crippen LogP contribution in [-0.2, 0) is 23.8 Å². The molecule has 32 heavy (non-hydrogen) atoms. The van der Waals surface area contributed by atoms with E-state index in [1.807, 2.05) is 0 Å². The summed E-state index contributed by atoms with van der Waals surface area (Å²) in [5.74, 6) is -2.23. The summed E-state index contributed by atoms with van der Waals surface area (Å²) < 4.78 is 15.2. The molecule has 2 heterocycles. The largest absolute Gasteiger partial charge is 0.508 e. The summed E-state index contributed by atoms with van der Waals surface area (Å²) in [5.41, 5.74) is 7.00. The van der Waals surface area contributed by atoms with E-state index < -0.39 is 30.1 Å². The lowest BCUT2D eigenvalue weighted by Gasteiger charge is -2.45. The van der Waals surface area contributed by atoms with Crippen molar-refractivity contribution in [3.8, 4) is 0 Å². The number of carbonyl (C=O) groups is 4. The molecule has 1 fully saturated rings. The van der Waals surface area contributed by atoms with Crippen LogP contribution in [0.25, 0.3) is 5.57 Å². The van der Waals surface area contributed by atoms with E-state index in [0.29, 0.717) is 23.1 Å². The number of amides is 2. The third-order valence-electron chi connectivity index (χ3n) is 5.36. The van der Waals surface area contributed by atoms with Crippen LogP contribution in [0.2, 0.25) is 0 Å². The fourth-order valence-corrected chi connectivity index (χ4v) is 3.93. The van der Waals surface area contributed by atoms with Crippen LogP contribution >= 0.6 is 0 Å². The number of hydrogen-bond donors (Lipinski definition) is 1. The first-order valence-electron chi connectivity index (χ1n) is 9.98. The topological polar surface area (TPSA) is 125 Å². The highest BCUT2D eigenvalue weighted by Crippen LogP contribution is 2.47. The van der Waals surface area contributed by atoms with Gasteiger partial charge in [0.2, 0.25) is 11.8 Å². The van der Waals surface area contributed by atoms with Crippen molar-refractivity contribution in [1.82, 2.24) is 4.90 Å². The predicted octanol–water partition coefficient (Wildman–Crippen LogP) is 2.18. The number of esters is 1. The molecule has 2 aliphatic heterocycles. The maximum Gasteiger partial charge on any atom is 0.508 e. The zero-order chi connectivity index (χ0) is 23.4. The fourth-order valence-electron chi connectivity index (χ4n) is 3.93. The molecule has 0 unspecified atom stereocenters. The second-order valence-corrected chi connectivity index (χ2v) is 7.33. The summed E-state index contributed by atoms with van der Waals surface area (Å²) >= 11 is 0. The maximum atomic E-state index is 12.9. The van der Waals surface area contributed by atoms with E-state index >= 15 is 0 Å². The Bertz CT molecular complexity index is 996. The van der Waals surface area contributed by atoms with E-state index in [0.717, 1.165) is 0 Å². The van der Waals surface area contributed by atoms with Crippen LogP contribution in [0.15, 0.2) is 55.3 Å². The summed E-state index contributed by atoms with van der Waals surface area (Å²) in [5, 5.41) is 0. The molecule has 0 bridgehead atoms. The van der Waals surface area contributed by atoms with E-state index in [2.05, 4.69) is 13.2 Å². The lowest BCUT2D eigenvalue weighted by Crippen LogP contribution is -2.62. The molecular weight excluding hydrogens is 416 g/mol. The van der Waals surface area contributed by atoms with E-state index in [1.54, 1.807) is 31.2 Å². The molecule has 0 saturated carbocycles. The van der Waals surface area contributed by atoms with Crippen LogP contribution in [0.1, 0.15) is 29.3 Å². The predicted molar refractivity (Wildman–Crippen MR) is 114 cm³/mol. The molecule has 0 spiro atoms. The third kappa shape index (κ3) is 4.27. The van der Waals surface area contributed by atoms with Gasteiger partial charge in [0, 0.05) is 5.56 Å². The van der Waals surface area contributed by atoms with Gasteiger partial charge < -0.3 is 24.8 Å². The van der Waals surface area contributed by atoms with Crippen molar-refractivity contribution in [3.63, 3.8) is 0 Å². The normalized spacial score (nSPS) is 20.0. The molecule has 3 rings (SSSR count). The summed E-state index contributed by atoms with van der Waals surface area (Å²) in [4.78, 5) is 50.2. The molecule has 0 aromatic heterocycles. The molecule has 9 nitrogen and oxygen atoms in total. The molecule has 9 heteroatoms. The molecule has 168 valence electrons.